The maximum atomic E-state index is 11.9. The van der Waals surface area contributed by atoms with Crippen molar-refractivity contribution in [1.29, 1.82) is 0 Å². The highest BCUT2D eigenvalue weighted by atomic mass is 16.3. The molecule has 4 fully saturated rings. The van der Waals surface area contributed by atoms with Crippen LogP contribution in [0.25, 0.3) is 0 Å². The van der Waals surface area contributed by atoms with Gasteiger partial charge < -0.3 is 5.11 Å². The number of pyridine rings is 1. The van der Waals surface area contributed by atoms with E-state index in [-0.39, 0.29) is 11.3 Å². The van der Waals surface area contributed by atoms with E-state index in [0.29, 0.717) is 5.92 Å². The Bertz CT molecular complexity index is 794. The summed E-state index contributed by atoms with van der Waals surface area (Å²) >= 11 is 0. The van der Waals surface area contributed by atoms with Gasteiger partial charge in [0.05, 0.1) is 11.6 Å². The number of hydrogen-bond acceptors (Lipinski definition) is 4. The Morgan fingerprint density at radius 1 is 1.07 bits per heavy atom. The molecule has 8 atom stereocenters. The molecule has 1 aromatic rings. The number of fused-ring (bicyclic) bond motifs is 7. The predicted octanol–water partition coefficient (Wildman–Crippen LogP) is 4.35. The third kappa shape index (κ3) is 2.16. The highest BCUT2D eigenvalue weighted by molar-refractivity contribution is 6.04. The second-order valence-corrected chi connectivity index (χ2v) is 10.6. The van der Waals surface area contributed by atoms with Crippen molar-refractivity contribution in [3.8, 4) is 0 Å². The van der Waals surface area contributed by atoms with Gasteiger partial charge in [0.2, 0.25) is 0 Å². The number of aromatic nitrogens is 1. The molecule has 0 saturated heterocycles. The first-order chi connectivity index (χ1) is 13.6. The van der Waals surface area contributed by atoms with Crippen LogP contribution in [0.2, 0.25) is 0 Å². The lowest BCUT2D eigenvalue weighted by molar-refractivity contribution is -0.147. The molecule has 2 N–H and O–H groups in total. The van der Waals surface area contributed by atoms with Crippen molar-refractivity contribution in [2.75, 3.05) is 0 Å². The van der Waals surface area contributed by atoms with Crippen LogP contribution in [-0.4, -0.2) is 21.5 Å². The topological polar surface area (TPSA) is 57.5 Å². The number of hydrogen-bond donors (Lipinski definition) is 2. The Hall–Kier alpha value is -1.42. The van der Waals surface area contributed by atoms with Crippen molar-refractivity contribution >= 4 is 5.71 Å². The molecule has 0 radical (unpaired) electrons. The number of hydrazone groups is 1. The molecular weight excluding hydrogens is 346 g/mol. The maximum Gasteiger partial charge on any atom is 0.164 e. The summed E-state index contributed by atoms with van der Waals surface area (Å²) in [6.45, 7) is 2.36. The summed E-state index contributed by atoms with van der Waals surface area (Å²) in [6, 6.07) is 4.05. The van der Waals surface area contributed by atoms with Gasteiger partial charge in [0.1, 0.15) is 0 Å². The molecule has 7 unspecified atom stereocenters. The lowest BCUT2D eigenvalue weighted by Gasteiger charge is -2.56. The average molecular weight is 380 g/mol. The quantitative estimate of drug-likeness (QED) is 0.763. The summed E-state index contributed by atoms with van der Waals surface area (Å²) in [5.74, 6) is 4.36. The largest absolute Gasteiger partial charge is 0.368 e. The summed E-state index contributed by atoms with van der Waals surface area (Å²) in [7, 11) is 0. The molecule has 0 aromatic carbocycles. The average Bonchev–Trinajstić information content (AvgIpc) is 3.19. The van der Waals surface area contributed by atoms with Crippen molar-refractivity contribution in [3.63, 3.8) is 0 Å². The van der Waals surface area contributed by atoms with Gasteiger partial charge in [-0.1, -0.05) is 26.2 Å². The van der Waals surface area contributed by atoms with Gasteiger partial charge in [0.25, 0.3) is 0 Å². The minimum Gasteiger partial charge on any atom is -0.368 e. The molecule has 1 aromatic heterocycles. The molecule has 4 nitrogen and oxygen atoms in total. The van der Waals surface area contributed by atoms with Crippen LogP contribution in [-0.2, 0) is 0 Å². The number of aliphatic hydroxyl groups is 1. The minimum absolute atomic E-state index is 0.0756. The van der Waals surface area contributed by atoms with Crippen molar-refractivity contribution < 1.29 is 5.11 Å². The lowest BCUT2D eigenvalue weighted by atomic mass is 9.50. The van der Waals surface area contributed by atoms with Crippen LogP contribution in [0.3, 0.4) is 0 Å². The van der Waals surface area contributed by atoms with Gasteiger partial charge in [-0.3, -0.25) is 10.4 Å². The van der Waals surface area contributed by atoms with Gasteiger partial charge in [-0.25, -0.2) is 0 Å². The van der Waals surface area contributed by atoms with Crippen molar-refractivity contribution in [1.82, 2.24) is 10.4 Å². The van der Waals surface area contributed by atoms with Gasteiger partial charge in [-0.05, 0) is 80.2 Å². The SMILES string of the molecule is C[C@]12CCC3C4CCCCC4CCC3C1CC1C(c3cccnc3)=NNC12O. The van der Waals surface area contributed by atoms with E-state index in [4.69, 9.17) is 0 Å². The highest BCUT2D eigenvalue weighted by Gasteiger charge is 2.69. The molecule has 4 heteroatoms. The van der Waals surface area contributed by atoms with Crippen LogP contribution in [0.4, 0.5) is 0 Å². The van der Waals surface area contributed by atoms with Crippen molar-refractivity contribution in [2.24, 2.45) is 46.0 Å². The third-order valence-electron chi connectivity index (χ3n) is 9.77. The first-order valence-electron chi connectivity index (χ1n) is 11.6. The summed E-state index contributed by atoms with van der Waals surface area (Å²) in [4.78, 5) is 4.29. The molecule has 0 bridgehead atoms. The highest BCUT2D eigenvalue weighted by Crippen LogP contribution is 2.67. The van der Waals surface area contributed by atoms with E-state index < -0.39 is 5.72 Å². The molecule has 1 aliphatic heterocycles. The normalized spacial score (nSPS) is 49.3. The van der Waals surface area contributed by atoms with Crippen LogP contribution in [0.1, 0.15) is 70.3 Å². The molecule has 0 spiro atoms. The lowest BCUT2D eigenvalue weighted by Crippen LogP contribution is -2.59. The Morgan fingerprint density at radius 2 is 1.96 bits per heavy atom. The smallest absolute Gasteiger partial charge is 0.164 e. The van der Waals surface area contributed by atoms with E-state index in [1.807, 2.05) is 18.5 Å². The van der Waals surface area contributed by atoms with E-state index >= 15 is 0 Å². The van der Waals surface area contributed by atoms with Gasteiger partial charge in [-0.2, -0.15) is 5.10 Å². The van der Waals surface area contributed by atoms with E-state index in [2.05, 4.69) is 28.5 Å². The zero-order chi connectivity index (χ0) is 18.9. The molecule has 6 rings (SSSR count). The molecule has 150 valence electrons. The molecule has 4 saturated carbocycles. The summed E-state index contributed by atoms with van der Waals surface area (Å²) in [5.41, 5.74) is 4.37. The van der Waals surface area contributed by atoms with Gasteiger partial charge in [-0.15, -0.1) is 0 Å². The van der Waals surface area contributed by atoms with Crippen LogP contribution in [0, 0.1) is 40.9 Å². The van der Waals surface area contributed by atoms with Gasteiger partial charge in [0.15, 0.2) is 5.72 Å². The van der Waals surface area contributed by atoms with Crippen molar-refractivity contribution in [2.45, 2.75) is 70.4 Å². The zero-order valence-electron chi connectivity index (χ0n) is 17.0. The number of nitrogens with zero attached hydrogens (tertiary/aromatic N) is 2. The fraction of sp³-hybridized carbons (Fsp3) is 0.750. The van der Waals surface area contributed by atoms with E-state index in [9.17, 15) is 5.11 Å². The fourth-order valence-corrected chi connectivity index (χ4v) is 8.40. The monoisotopic (exact) mass is 379 g/mol. The molecular formula is C24H33N3O. The Kier molecular flexibility index (Phi) is 3.76. The molecule has 2 heterocycles. The van der Waals surface area contributed by atoms with Crippen LogP contribution in [0.5, 0.6) is 0 Å². The Labute approximate surface area is 168 Å². The Balaban J connectivity index is 1.33. The summed E-state index contributed by atoms with van der Waals surface area (Å²) < 4.78 is 0. The summed E-state index contributed by atoms with van der Waals surface area (Å²) in [6.07, 6.45) is 15.9. The van der Waals surface area contributed by atoms with Gasteiger partial charge >= 0.3 is 0 Å². The van der Waals surface area contributed by atoms with Gasteiger partial charge in [0, 0.05) is 23.4 Å². The van der Waals surface area contributed by atoms with E-state index in [1.54, 1.807) is 0 Å². The third-order valence-corrected chi connectivity index (χ3v) is 9.77. The number of rotatable bonds is 1. The standard InChI is InChI=1S/C24H33N3O/c1-23-11-10-18-17-7-3-2-5-15(17)8-9-19(18)20(23)13-21-22(26-27-24(21,23)28)16-6-4-12-25-14-16/h4,6,12,14-15,17-21,27-28H,2-3,5,7-11,13H2,1H3/t15?,17?,18?,19?,20?,21?,23-,24?/m0/s1. The molecule has 28 heavy (non-hydrogen) atoms. The minimum atomic E-state index is -0.892. The fourth-order valence-electron chi connectivity index (χ4n) is 8.40. The zero-order valence-corrected chi connectivity index (χ0v) is 17.0. The second-order valence-electron chi connectivity index (χ2n) is 10.6. The van der Waals surface area contributed by atoms with Crippen LogP contribution < -0.4 is 5.43 Å². The first-order valence-corrected chi connectivity index (χ1v) is 11.6. The second kappa shape index (κ2) is 6.04. The Morgan fingerprint density at radius 3 is 2.82 bits per heavy atom. The van der Waals surface area contributed by atoms with Crippen LogP contribution >= 0.6 is 0 Å². The molecule has 0 amide bonds. The van der Waals surface area contributed by atoms with E-state index in [1.165, 1.54) is 44.9 Å². The molecule has 5 aliphatic rings. The van der Waals surface area contributed by atoms with Crippen LogP contribution in [0.15, 0.2) is 29.6 Å². The predicted molar refractivity (Wildman–Crippen MR) is 109 cm³/mol. The summed E-state index contributed by atoms with van der Waals surface area (Å²) in [5, 5.41) is 16.5. The maximum absolute atomic E-state index is 11.9. The number of nitrogens with one attached hydrogen (secondary N) is 1. The molecule has 4 aliphatic carbocycles. The van der Waals surface area contributed by atoms with E-state index in [0.717, 1.165) is 47.8 Å². The first kappa shape index (κ1) is 17.4. The van der Waals surface area contributed by atoms with Crippen molar-refractivity contribution in [3.05, 3.63) is 30.1 Å².